The van der Waals surface area contributed by atoms with Gasteiger partial charge in [0.15, 0.2) is 0 Å². The summed E-state index contributed by atoms with van der Waals surface area (Å²) in [6.07, 6.45) is 0. The van der Waals surface area contributed by atoms with Gasteiger partial charge in [-0.3, -0.25) is 0 Å². The topological polar surface area (TPSA) is 3.24 Å². The van der Waals surface area contributed by atoms with E-state index in [1.54, 1.807) is 0 Å². The zero-order valence-electron chi connectivity index (χ0n) is 34.5. The van der Waals surface area contributed by atoms with Gasteiger partial charge < -0.3 is 4.90 Å². The van der Waals surface area contributed by atoms with Gasteiger partial charge in [0.25, 0.3) is 0 Å². The van der Waals surface area contributed by atoms with Gasteiger partial charge in [0.2, 0.25) is 0 Å². The Morgan fingerprint density at radius 2 is 0.641 bits per heavy atom. The second-order valence-corrected chi connectivity index (χ2v) is 19.7. The third-order valence-electron chi connectivity index (χ3n) is 12.7. The molecule has 13 aromatic rings. The summed E-state index contributed by atoms with van der Waals surface area (Å²) in [4.78, 5) is 2.36. The van der Waals surface area contributed by atoms with Gasteiger partial charge in [0.05, 0.1) is 0 Å². The predicted octanol–water partition coefficient (Wildman–Crippen LogP) is 18.9. The molecule has 3 heterocycles. The van der Waals surface area contributed by atoms with Gasteiger partial charge in [-0.2, -0.15) is 0 Å². The van der Waals surface area contributed by atoms with Crippen LogP contribution in [0.1, 0.15) is 0 Å². The van der Waals surface area contributed by atoms with E-state index in [2.05, 4.69) is 229 Å². The van der Waals surface area contributed by atoms with Gasteiger partial charge >= 0.3 is 0 Å². The summed E-state index contributed by atoms with van der Waals surface area (Å²) in [6, 6.07) is 83.0. The first-order chi connectivity index (χ1) is 31.7. The Morgan fingerprint density at radius 3 is 1.20 bits per heavy atom. The molecule has 0 aliphatic heterocycles. The third kappa shape index (κ3) is 6.33. The van der Waals surface area contributed by atoms with Crippen LogP contribution in [0.3, 0.4) is 0 Å². The number of fused-ring (bicyclic) bond motifs is 9. The molecule has 4 heteroatoms. The van der Waals surface area contributed by atoms with Crippen LogP contribution < -0.4 is 4.90 Å². The first-order valence-corrected chi connectivity index (χ1v) is 24.1. The van der Waals surface area contributed by atoms with Gasteiger partial charge in [-0.25, -0.2) is 0 Å². The fourth-order valence-corrected chi connectivity index (χ4v) is 12.9. The van der Waals surface area contributed by atoms with Crippen molar-refractivity contribution in [2.75, 3.05) is 4.90 Å². The minimum Gasteiger partial charge on any atom is -0.311 e. The molecule has 0 spiro atoms. The van der Waals surface area contributed by atoms with Crippen molar-refractivity contribution in [3.8, 4) is 44.5 Å². The highest BCUT2D eigenvalue weighted by Gasteiger charge is 2.17. The van der Waals surface area contributed by atoms with Crippen molar-refractivity contribution >= 4 is 112 Å². The maximum Gasteiger partial charge on any atom is 0.0462 e. The van der Waals surface area contributed by atoms with Crippen LogP contribution in [0.4, 0.5) is 17.1 Å². The Labute approximate surface area is 383 Å². The lowest BCUT2D eigenvalue weighted by Gasteiger charge is -2.26. The van der Waals surface area contributed by atoms with E-state index in [4.69, 9.17) is 0 Å². The minimum absolute atomic E-state index is 1.11. The zero-order chi connectivity index (χ0) is 42.1. The van der Waals surface area contributed by atoms with Crippen molar-refractivity contribution in [2.45, 2.75) is 0 Å². The molecule has 0 N–H and O–H groups in total. The summed E-state index contributed by atoms with van der Waals surface area (Å²) in [5.41, 5.74) is 13.1. The first-order valence-electron chi connectivity index (χ1n) is 21.6. The zero-order valence-corrected chi connectivity index (χ0v) is 37.0. The number of nitrogens with zero attached hydrogens (tertiary/aromatic N) is 1. The molecule has 0 fully saturated rings. The molecular formula is C60H37NS3. The number of thiophene rings is 3. The maximum atomic E-state index is 2.39. The molecule has 0 saturated carbocycles. The molecule has 64 heavy (non-hydrogen) atoms. The standard InChI is InChI=1S/C60H37NS3/c1-2-11-45(12-3-1)61(47-29-23-39(24-30-47)48-16-10-17-52-49-13-4-9-20-57(49)64-60(48)52)46-27-21-38(22-28-46)42-33-43(40-25-31-58-53(36-40)50-14-5-7-18-55(50)62-58)35-44(34-42)41-26-32-59-54(37-41)51-15-6-8-19-56(51)63-59/h1-37H. The quantitative estimate of drug-likeness (QED) is 0.154. The van der Waals surface area contributed by atoms with E-state index >= 15 is 0 Å². The molecule has 1 nitrogen and oxygen atoms in total. The molecule has 0 atom stereocenters. The van der Waals surface area contributed by atoms with Crippen molar-refractivity contribution in [3.63, 3.8) is 0 Å². The lowest BCUT2D eigenvalue weighted by atomic mass is 9.92. The summed E-state index contributed by atoms with van der Waals surface area (Å²) in [5.74, 6) is 0. The van der Waals surface area contributed by atoms with Gasteiger partial charge in [-0.15, -0.1) is 34.0 Å². The first kappa shape index (κ1) is 37.2. The Bertz CT molecular complexity index is 3760. The highest BCUT2D eigenvalue weighted by atomic mass is 32.1. The molecular weight excluding hydrogens is 831 g/mol. The number of hydrogen-bond donors (Lipinski definition) is 0. The molecule has 0 aliphatic carbocycles. The van der Waals surface area contributed by atoms with Crippen LogP contribution in [0.5, 0.6) is 0 Å². The van der Waals surface area contributed by atoms with Crippen LogP contribution in [0.25, 0.3) is 105 Å². The number of para-hydroxylation sites is 1. The lowest BCUT2D eigenvalue weighted by molar-refractivity contribution is 1.28. The number of benzene rings is 10. The van der Waals surface area contributed by atoms with E-state index in [0.717, 1.165) is 17.1 Å². The SMILES string of the molecule is c1ccc(N(c2ccc(-c3cc(-c4ccc5sc6ccccc6c5c4)cc(-c4ccc5sc6ccccc6c5c4)c3)cc2)c2ccc(-c3cccc4c3sc3ccccc34)cc2)cc1. The summed E-state index contributed by atoms with van der Waals surface area (Å²) in [5, 5.41) is 7.90. The fraction of sp³-hybridized carbons (Fsp3) is 0. The number of rotatable bonds is 7. The summed E-state index contributed by atoms with van der Waals surface area (Å²) in [7, 11) is 0. The number of hydrogen-bond acceptors (Lipinski definition) is 4. The molecule has 0 bridgehead atoms. The van der Waals surface area contributed by atoms with Crippen LogP contribution in [-0.4, -0.2) is 0 Å². The lowest BCUT2D eigenvalue weighted by Crippen LogP contribution is -2.09. The second-order valence-electron chi connectivity index (χ2n) is 16.5. The Hall–Kier alpha value is -7.34. The predicted molar refractivity (Wildman–Crippen MR) is 282 cm³/mol. The molecule has 0 amide bonds. The van der Waals surface area contributed by atoms with Crippen LogP contribution in [0, 0.1) is 0 Å². The van der Waals surface area contributed by atoms with E-state index in [-0.39, 0.29) is 0 Å². The fourth-order valence-electron chi connectivity index (χ4n) is 9.53. The smallest absolute Gasteiger partial charge is 0.0462 e. The second kappa shape index (κ2) is 15.2. The van der Waals surface area contributed by atoms with E-state index in [9.17, 15) is 0 Å². The molecule has 0 saturated heterocycles. The molecule has 0 unspecified atom stereocenters. The highest BCUT2D eigenvalue weighted by molar-refractivity contribution is 7.26. The van der Waals surface area contributed by atoms with E-state index in [0.29, 0.717) is 0 Å². The summed E-state index contributed by atoms with van der Waals surface area (Å²) < 4.78 is 7.94. The molecule has 300 valence electrons. The van der Waals surface area contributed by atoms with E-state index < -0.39 is 0 Å². The number of anilines is 3. The van der Waals surface area contributed by atoms with Crippen LogP contribution in [0.2, 0.25) is 0 Å². The average Bonchev–Trinajstić information content (AvgIpc) is 4.06. The average molecular weight is 868 g/mol. The Kier molecular flexibility index (Phi) is 8.83. The van der Waals surface area contributed by atoms with Gasteiger partial charge in [0, 0.05) is 77.6 Å². The highest BCUT2D eigenvalue weighted by Crippen LogP contribution is 2.44. The molecule has 0 aliphatic rings. The molecule has 10 aromatic carbocycles. The van der Waals surface area contributed by atoms with Crippen LogP contribution in [-0.2, 0) is 0 Å². The monoisotopic (exact) mass is 867 g/mol. The minimum atomic E-state index is 1.11. The van der Waals surface area contributed by atoms with Crippen molar-refractivity contribution in [3.05, 3.63) is 224 Å². The van der Waals surface area contributed by atoms with Crippen LogP contribution in [0.15, 0.2) is 224 Å². The third-order valence-corrected chi connectivity index (χ3v) is 16.2. The van der Waals surface area contributed by atoms with Crippen molar-refractivity contribution in [1.29, 1.82) is 0 Å². The maximum absolute atomic E-state index is 2.39. The molecule has 13 rings (SSSR count). The normalized spacial score (nSPS) is 11.8. The van der Waals surface area contributed by atoms with E-state index in [1.165, 1.54) is 105 Å². The summed E-state index contributed by atoms with van der Waals surface area (Å²) in [6.45, 7) is 0. The largest absolute Gasteiger partial charge is 0.311 e. The molecule has 3 aromatic heterocycles. The van der Waals surface area contributed by atoms with Crippen molar-refractivity contribution in [2.24, 2.45) is 0 Å². The van der Waals surface area contributed by atoms with Gasteiger partial charge in [-0.05, 0) is 142 Å². The van der Waals surface area contributed by atoms with Gasteiger partial charge in [-0.1, -0.05) is 127 Å². The summed E-state index contributed by atoms with van der Waals surface area (Å²) >= 11 is 5.61. The van der Waals surface area contributed by atoms with Gasteiger partial charge in [0.1, 0.15) is 0 Å². The Balaban J connectivity index is 0.908. The van der Waals surface area contributed by atoms with Crippen molar-refractivity contribution < 1.29 is 0 Å². The van der Waals surface area contributed by atoms with Crippen LogP contribution >= 0.6 is 34.0 Å². The molecule has 0 radical (unpaired) electrons. The Morgan fingerprint density at radius 1 is 0.234 bits per heavy atom. The van der Waals surface area contributed by atoms with Crippen molar-refractivity contribution in [1.82, 2.24) is 0 Å². The van der Waals surface area contributed by atoms with E-state index in [1.807, 2.05) is 34.0 Å².